The summed E-state index contributed by atoms with van der Waals surface area (Å²) in [5, 5.41) is 16.0. The van der Waals surface area contributed by atoms with Crippen molar-refractivity contribution in [1.82, 2.24) is 25.3 Å². The molecule has 2 aromatic heterocycles. The van der Waals surface area contributed by atoms with E-state index in [1.807, 2.05) is 11.8 Å². The van der Waals surface area contributed by atoms with Crippen LogP contribution in [0.3, 0.4) is 0 Å². The number of amides is 1. The molecule has 2 aromatic rings. The molecule has 0 bridgehead atoms. The SMILES string of the molecule is CC(Nc1nnco1)C(=O)N1CCC2(CC1)CC2.FC(F)(F)c1cn[nH]c1C1CC1. The zero-order valence-corrected chi connectivity index (χ0v) is 16.7. The maximum absolute atomic E-state index is 12.2. The lowest BCUT2D eigenvalue weighted by Gasteiger charge is -2.33. The van der Waals surface area contributed by atoms with Crippen molar-refractivity contribution in [2.75, 3.05) is 18.4 Å². The summed E-state index contributed by atoms with van der Waals surface area (Å²) < 4.78 is 41.6. The minimum atomic E-state index is -4.26. The molecule has 11 heteroatoms. The Labute approximate surface area is 171 Å². The Hall–Kier alpha value is -2.59. The van der Waals surface area contributed by atoms with E-state index in [1.54, 1.807) is 0 Å². The summed E-state index contributed by atoms with van der Waals surface area (Å²) in [5.74, 6) is 0.174. The van der Waals surface area contributed by atoms with Gasteiger partial charge in [0.1, 0.15) is 6.04 Å². The third-order valence-corrected chi connectivity index (χ3v) is 6.12. The number of rotatable bonds is 4. The number of aromatic nitrogens is 4. The average Bonchev–Trinajstić information content (AvgIpc) is 3.58. The number of piperidine rings is 1. The fraction of sp³-hybridized carbons (Fsp3) is 0.684. The number of anilines is 1. The highest BCUT2D eigenvalue weighted by Crippen LogP contribution is 2.53. The summed E-state index contributed by atoms with van der Waals surface area (Å²) in [6.07, 6.45) is 4.54. The Kier molecular flexibility index (Phi) is 5.46. The second-order valence-electron chi connectivity index (χ2n) is 8.40. The molecular formula is C19H25F3N6O2. The predicted octanol–water partition coefficient (Wildman–Crippen LogP) is 3.58. The molecule has 2 N–H and O–H groups in total. The average molecular weight is 426 g/mol. The molecule has 1 aliphatic heterocycles. The normalized spacial score (nSPS) is 21.0. The van der Waals surface area contributed by atoms with E-state index in [2.05, 4.69) is 25.7 Å². The van der Waals surface area contributed by atoms with E-state index in [0.29, 0.717) is 11.4 Å². The first-order chi connectivity index (χ1) is 14.3. The van der Waals surface area contributed by atoms with Crippen LogP contribution >= 0.6 is 0 Å². The van der Waals surface area contributed by atoms with Gasteiger partial charge in [-0.15, -0.1) is 5.10 Å². The number of likely N-dealkylation sites (tertiary alicyclic amines) is 1. The number of alkyl halides is 3. The molecule has 5 rings (SSSR count). The number of nitrogens with zero attached hydrogens (tertiary/aromatic N) is 4. The van der Waals surface area contributed by atoms with Gasteiger partial charge in [0.15, 0.2) is 0 Å². The summed E-state index contributed by atoms with van der Waals surface area (Å²) in [6, 6.07) is -0.0229. The van der Waals surface area contributed by atoms with Crippen molar-refractivity contribution in [2.45, 2.75) is 63.6 Å². The van der Waals surface area contributed by atoms with Crippen LogP contribution in [0.5, 0.6) is 0 Å². The molecule has 1 atom stereocenters. The Bertz CT molecular complexity index is 848. The van der Waals surface area contributed by atoms with Gasteiger partial charge in [-0.1, -0.05) is 5.10 Å². The van der Waals surface area contributed by atoms with Crippen LogP contribution in [0.2, 0.25) is 0 Å². The number of aromatic amines is 1. The van der Waals surface area contributed by atoms with E-state index >= 15 is 0 Å². The third kappa shape index (κ3) is 4.76. The summed E-state index contributed by atoms with van der Waals surface area (Å²) in [7, 11) is 0. The first kappa shape index (κ1) is 20.7. The van der Waals surface area contributed by atoms with E-state index in [0.717, 1.165) is 45.0 Å². The number of nitrogens with one attached hydrogen (secondary N) is 2. The smallest absolute Gasteiger partial charge is 0.411 e. The van der Waals surface area contributed by atoms with Crippen molar-refractivity contribution >= 4 is 11.9 Å². The minimum Gasteiger partial charge on any atom is -0.411 e. The number of hydrogen-bond donors (Lipinski definition) is 2. The Balaban J connectivity index is 0.000000158. The van der Waals surface area contributed by atoms with Crippen molar-refractivity contribution in [3.05, 3.63) is 23.8 Å². The second-order valence-corrected chi connectivity index (χ2v) is 8.40. The quantitative estimate of drug-likeness (QED) is 0.775. The van der Waals surface area contributed by atoms with Crippen molar-refractivity contribution in [3.63, 3.8) is 0 Å². The highest BCUT2D eigenvalue weighted by Gasteiger charge is 2.45. The van der Waals surface area contributed by atoms with Crippen LogP contribution in [0.15, 0.2) is 17.0 Å². The molecule has 2 aliphatic carbocycles. The zero-order chi connectivity index (χ0) is 21.4. The Morgan fingerprint density at radius 1 is 1.30 bits per heavy atom. The van der Waals surface area contributed by atoms with Crippen LogP contribution in [-0.4, -0.2) is 50.3 Å². The van der Waals surface area contributed by atoms with Gasteiger partial charge in [-0.25, -0.2) is 0 Å². The van der Waals surface area contributed by atoms with Gasteiger partial charge < -0.3 is 14.6 Å². The maximum Gasteiger partial charge on any atom is 0.419 e. The Morgan fingerprint density at radius 2 is 2.00 bits per heavy atom. The monoisotopic (exact) mass is 426 g/mol. The molecule has 1 amide bonds. The van der Waals surface area contributed by atoms with Crippen molar-refractivity contribution in [2.24, 2.45) is 5.41 Å². The molecule has 164 valence electrons. The molecule has 8 nitrogen and oxygen atoms in total. The molecule has 1 unspecified atom stereocenters. The standard InChI is InChI=1S/C12H18N4O2.C7H7F3N2/c1-9(14-11-15-13-8-18-11)10(17)16-6-4-12(2-3-12)5-7-16;8-7(9,10)5-3-11-12-6(5)4-1-2-4/h8-9H,2-7H2,1H3,(H,14,15);3-4H,1-2H2,(H,11,12). The first-order valence-electron chi connectivity index (χ1n) is 10.2. The minimum absolute atomic E-state index is 0.0594. The second kappa shape index (κ2) is 7.92. The summed E-state index contributed by atoms with van der Waals surface area (Å²) in [5.41, 5.74) is 0.243. The van der Waals surface area contributed by atoms with Gasteiger partial charge in [0, 0.05) is 19.0 Å². The van der Waals surface area contributed by atoms with Gasteiger partial charge in [-0.05, 0) is 50.9 Å². The fourth-order valence-corrected chi connectivity index (χ4v) is 3.84. The lowest BCUT2D eigenvalue weighted by Crippen LogP contribution is -2.45. The van der Waals surface area contributed by atoms with E-state index in [4.69, 9.17) is 4.42 Å². The molecule has 0 aromatic carbocycles. The molecule has 0 radical (unpaired) electrons. The van der Waals surface area contributed by atoms with Gasteiger partial charge in [-0.3, -0.25) is 9.89 Å². The van der Waals surface area contributed by atoms with E-state index in [-0.39, 0.29) is 23.6 Å². The predicted molar refractivity (Wildman–Crippen MR) is 100 cm³/mol. The highest BCUT2D eigenvalue weighted by atomic mass is 19.4. The fourth-order valence-electron chi connectivity index (χ4n) is 3.84. The lowest BCUT2D eigenvalue weighted by molar-refractivity contribution is -0.138. The molecule has 3 aliphatic rings. The highest BCUT2D eigenvalue weighted by molar-refractivity contribution is 5.83. The van der Waals surface area contributed by atoms with Crippen molar-refractivity contribution < 1.29 is 22.4 Å². The first-order valence-corrected chi connectivity index (χ1v) is 10.2. The van der Waals surface area contributed by atoms with Gasteiger partial charge in [0.2, 0.25) is 12.3 Å². The molecule has 1 spiro atoms. The van der Waals surface area contributed by atoms with Crippen LogP contribution in [0.25, 0.3) is 0 Å². The topological polar surface area (TPSA) is 99.9 Å². The summed E-state index contributed by atoms with van der Waals surface area (Å²) in [4.78, 5) is 14.2. The van der Waals surface area contributed by atoms with Crippen LogP contribution in [0.4, 0.5) is 19.2 Å². The largest absolute Gasteiger partial charge is 0.419 e. The summed E-state index contributed by atoms with van der Waals surface area (Å²) >= 11 is 0. The number of halogens is 3. The van der Waals surface area contributed by atoms with E-state index in [9.17, 15) is 18.0 Å². The van der Waals surface area contributed by atoms with Crippen molar-refractivity contribution in [3.8, 4) is 0 Å². The lowest BCUT2D eigenvalue weighted by atomic mass is 9.93. The molecule has 3 fully saturated rings. The van der Waals surface area contributed by atoms with Crippen molar-refractivity contribution in [1.29, 1.82) is 0 Å². The maximum atomic E-state index is 12.2. The molecule has 30 heavy (non-hydrogen) atoms. The van der Waals surface area contributed by atoms with Gasteiger partial charge in [-0.2, -0.15) is 18.3 Å². The summed E-state index contributed by atoms with van der Waals surface area (Å²) in [6.45, 7) is 3.59. The van der Waals surface area contributed by atoms with Gasteiger partial charge in [0.05, 0.1) is 17.5 Å². The molecule has 3 heterocycles. The number of carbonyl (C=O) groups excluding carboxylic acids is 1. The van der Waals surface area contributed by atoms with Crippen LogP contribution in [0, 0.1) is 5.41 Å². The molecule has 1 saturated heterocycles. The third-order valence-electron chi connectivity index (χ3n) is 6.12. The van der Waals surface area contributed by atoms with Gasteiger partial charge >= 0.3 is 12.2 Å². The molecule has 2 saturated carbocycles. The molecular weight excluding hydrogens is 401 g/mol. The number of H-pyrrole nitrogens is 1. The van der Waals surface area contributed by atoms with Crippen LogP contribution in [0.1, 0.15) is 62.6 Å². The van der Waals surface area contributed by atoms with Gasteiger partial charge in [0.25, 0.3) is 0 Å². The van der Waals surface area contributed by atoms with E-state index in [1.165, 1.54) is 19.2 Å². The van der Waals surface area contributed by atoms with Crippen LogP contribution in [-0.2, 0) is 11.0 Å². The van der Waals surface area contributed by atoms with E-state index < -0.39 is 11.7 Å². The number of hydrogen-bond acceptors (Lipinski definition) is 6. The van der Waals surface area contributed by atoms with Crippen LogP contribution < -0.4 is 5.32 Å². The number of carbonyl (C=O) groups is 1. The Morgan fingerprint density at radius 3 is 2.53 bits per heavy atom. The zero-order valence-electron chi connectivity index (χ0n) is 16.7.